The molecule has 2 unspecified atom stereocenters. The van der Waals surface area contributed by atoms with Crippen LogP contribution in [0.15, 0.2) is 16.8 Å². The fourth-order valence-electron chi connectivity index (χ4n) is 1.77. The monoisotopic (exact) mass is 199 g/mol. The zero-order valence-electron chi connectivity index (χ0n) is 7.50. The van der Waals surface area contributed by atoms with Crippen molar-refractivity contribution in [2.24, 2.45) is 0 Å². The molecule has 1 nitrogen and oxygen atoms in total. The molecular formula is C10H14FNS. The van der Waals surface area contributed by atoms with Gasteiger partial charge in [-0.15, -0.1) is 0 Å². The van der Waals surface area contributed by atoms with Crippen LogP contribution in [-0.4, -0.2) is 12.2 Å². The van der Waals surface area contributed by atoms with Gasteiger partial charge in [0.05, 0.1) is 0 Å². The van der Waals surface area contributed by atoms with Gasteiger partial charge in [0.2, 0.25) is 0 Å². The normalized spacial score (nSPS) is 28.1. The number of alkyl halides is 1. The SMILES string of the molecule is FC1CCC(NCc2ccsc2)C1. The van der Waals surface area contributed by atoms with E-state index in [-0.39, 0.29) is 0 Å². The second kappa shape index (κ2) is 4.20. The maximum Gasteiger partial charge on any atom is 0.102 e. The van der Waals surface area contributed by atoms with Gasteiger partial charge < -0.3 is 5.32 Å². The average molecular weight is 199 g/mol. The van der Waals surface area contributed by atoms with Crippen LogP contribution in [0.5, 0.6) is 0 Å². The first-order valence-electron chi connectivity index (χ1n) is 4.73. The van der Waals surface area contributed by atoms with E-state index in [0.717, 1.165) is 19.4 Å². The van der Waals surface area contributed by atoms with Crippen molar-refractivity contribution in [3.05, 3.63) is 22.4 Å². The molecule has 0 bridgehead atoms. The molecule has 0 spiro atoms. The van der Waals surface area contributed by atoms with E-state index in [1.54, 1.807) is 11.3 Å². The maximum absolute atomic E-state index is 12.8. The molecule has 2 rings (SSSR count). The van der Waals surface area contributed by atoms with E-state index < -0.39 is 6.17 Å². The summed E-state index contributed by atoms with van der Waals surface area (Å²) in [4.78, 5) is 0. The molecule has 1 fully saturated rings. The molecule has 3 heteroatoms. The summed E-state index contributed by atoms with van der Waals surface area (Å²) < 4.78 is 12.8. The number of halogens is 1. The van der Waals surface area contributed by atoms with Gasteiger partial charge in [0, 0.05) is 12.6 Å². The Morgan fingerprint density at radius 2 is 2.46 bits per heavy atom. The van der Waals surface area contributed by atoms with Crippen molar-refractivity contribution in [1.29, 1.82) is 0 Å². The lowest BCUT2D eigenvalue weighted by molar-refractivity contribution is 0.333. The van der Waals surface area contributed by atoms with Crippen molar-refractivity contribution in [2.45, 2.75) is 38.0 Å². The average Bonchev–Trinajstić information content (AvgIpc) is 2.71. The molecule has 0 radical (unpaired) electrons. The molecule has 13 heavy (non-hydrogen) atoms. The van der Waals surface area contributed by atoms with Gasteiger partial charge in [-0.3, -0.25) is 0 Å². The third kappa shape index (κ3) is 2.51. The standard InChI is InChI=1S/C10H14FNS/c11-9-1-2-10(5-9)12-6-8-3-4-13-7-8/h3-4,7,9-10,12H,1-2,5-6H2. The molecule has 1 N–H and O–H groups in total. The van der Waals surface area contributed by atoms with Gasteiger partial charge in [0.1, 0.15) is 6.17 Å². The molecule has 1 aliphatic rings. The summed E-state index contributed by atoms with van der Waals surface area (Å²) in [5, 5.41) is 7.59. The van der Waals surface area contributed by atoms with Gasteiger partial charge in [-0.2, -0.15) is 11.3 Å². The summed E-state index contributed by atoms with van der Waals surface area (Å²) in [5.41, 5.74) is 1.31. The minimum Gasteiger partial charge on any atom is -0.310 e. The smallest absolute Gasteiger partial charge is 0.102 e. The van der Waals surface area contributed by atoms with E-state index in [2.05, 4.69) is 22.1 Å². The summed E-state index contributed by atoms with van der Waals surface area (Å²) in [6, 6.07) is 2.51. The van der Waals surface area contributed by atoms with E-state index in [9.17, 15) is 4.39 Å². The molecule has 1 heterocycles. The highest BCUT2D eigenvalue weighted by Gasteiger charge is 2.23. The van der Waals surface area contributed by atoms with Crippen LogP contribution in [0.1, 0.15) is 24.8 Å². The summed E-state index contributed by atoms with van der Waals surface area (Å²) in [6.07, 6.45) is 1.86. The molecule has 0 amide bonds. The Hall–Kier alpha value is -0.410. The lowest BCUT2D eigenvalue weighted by Gasteiger charge is -2.10. The number of hydrogen-bond acceptors (Lipinski definition) is 2. The van der Waals surface area contributed by atoms with E-state index in [4.69, 9.17) is 0 Å². The minimum atomic E-state index is -0.569. The van der Waals surface area contributed by atoms with Crippen LogP contribution in [0, 0.1) is 0 Å². The Labute approximate surface area is 82.0 Å². The molecule has 1 aliphatic carbocycles. The minimum absolute atomic E-state index is 0.398. The fraction of sp³-hybridized carbons (Fsp3) is 0.600. The first-order valence-corrected chi connectivity index (χ1v) is 5.67. The predicted octanol–water partition coefficient (Wildman–Crippen LogP) is 2.73. The van der Waals surface area contributed by atoms with Crippen molar-refractivity contribution >= 4 is 11.3 Å². The quantitative estimate of drug-likeness (QED) is 0.789. The molecule has 0 aliphatic heterocycles. The third-order valence-corrected chi connectivity index (χ3v) is 3.28. The van der Waals surface area contributed by atoms with Crippen LogP contribution >= 0.6 is 11.3 Å². The Balaban J connectivity index is 1.74. The van der Waals surface area contributed by atoms with E-state index >= 15 is 0 Å². The predicted molar refractivity (Wildman–Crippen MR) is 53.7 cm³/mol. The first-order chi connectivity index (χ1) is 6.34. The highest BCUT2D eigenvalue weighted by Crippen LogP contribution is 2.22. The highest BCUT2D eigenvalue weighted by atomic mass is 32.1. The van der Waals surface area contributed by atoms with Gasteiger partial charge in [0.25, 0.3) is 0 Å². The maximum atomic E-state index is 12.8. The van der Waals surface area contributed by atoms with Crippen LogP contribution < -0.4 is 5.32 Å². The van der Waals surface area contributed by atoms with Crippen LogP contribution in [-0.2, 0) is 6.54 Å². The highest BCUT2D eigenvalue weighted by molar-refractivity contribution is 7.07. The summed E-state index contributed by atoms with van der Waals surface area (Å²) in [7, 11) is 0. The van der Waals surface area contributed by atoms with Crippen molar-refractivity contribution in [3.63, 3.8) is 0 Å². The zero-order valence-corrected chi connectivity index (χ0v) is 8.32. The van der Waals surface area contributed by atoms with Crippen molar-refractivity contribution < 1.29 is 4.39 Å². The molecule has 1 aromatic heterocycles. The Morgan fingerprint density at radius 1 is 1.54 bits per heavy atom. The van der Waals surface area contributed by atoms with E-state index in [1.165, 1.54) is 5.56 Å². The van der Waals surface area contributed by atoms with Gasteiger partial charge in [-0.05, 0) is 41.7 Å². The van der Waals surface area contributed by atoms with Crippen LogP contribution in [0.25, 0.3) is 0 Å². The van der Waals surface area contributed by atoms with Crippen molar-refractivity contribution in [3.8, 4) is 0 Å². The molecule has 1 saturated carbocycles. The first kappa shape index (κ1) is 9.16. The second-order valence-electron chi connectivity index (χ2n) is 3.62. The number of hydrogen-bond donors (Lipinski definition) is 1. The summed E-state index contributed by atoms with van der Waals surface area (Å²) in [5.74, 6) is 0. The molecule has 0 aromatic carbocycles. The lowest BCUT2D eigenvalue weighted by Crippen LogP contribution is -2.25. The largest absolute Gasteiger partial charge is 0.310 e. The second-order valence-corrected chi connectivity index (χ2v) is 4.40. The van der Waals surface area contributed by atoms with Gasteiger partial charge in [-0.25, -0.2) is 4.39 Å². The summed E-state index contributed by atoms with van der Waals surface area (Å²) >= 11 is 1.71. The Bertz CT molecular complexity index is 247. The van der Waals surface area contributed by atoms with Gasteiger partial charge in [0.15, 0.2) is 0 Å². The topological polar surface area (TPSA) is 12.0 Å². The Morgan fingerprint density at radius 3 is 3.08 bits per heavy atom. The van der Waals surface area contributed by atoms with E-state index in [0.29, 0.717) is 12.5 Å². The number of thiophene rings is 1. The van der Waals surface area contributed by atoms with Crippen LogP contribution in [0.4, 0.5) is 4.39 Å². The van der Waals surface area contributed by atoms with Crippen molar-refractivity contribution in [1.82, 2.24) is 5.32 Å². The van der Waals surface area contributed by atoms with Gasteiger partial charge >= 0.3 is 0 Å². The molecule has 72 valence electrons. The molecule has 1 aromatic rings. The van der Waals surface area contributed by atoms with E-state index in [1.807, 2.05) is 0 Å². The van der Waals surface area contributed by atoms with Crippen LogP contribution in [0.2, 0.25) is 0 Å². The van der Waals surface area contributed by atoms with Gasteiger partial charge in [-0.1, -0.05) is 0 Å². The molecule has 2 atom stereocenters. The lowest BCUT2D eigenvalue weighted by atomic mass is 10.2. The third-order valence-electron chi connectivity index (χ3n) is 2.54. The Kier molecular flexibility index (Phi) is 2.96. The summed E-state index contributed by atoms with van der Waals surface area (Å²) in [6.45, 7) is 0.890. The molecular weight excluding hydrogens is 185 g/mol. The number of rotatable bonds is 3. The fourth-order valence-corrected chi connectivity index (χ4v) is 2.44. The molecule has 0 saturated heterocycles. The zero-order chi connectivity index (χ0) is 9.10. The van der Waals surface area contributed by atoms with Crippen LogP contribution in [0.3, 0.4) is 0 Å². The van der Waals surface area contributed by atoms with Crippen molar-refractivity contribution in [2.75, 3.05) is 0 Å². The number of nitrogens with one attached hydrogen (secondary N) is 1.